The maximum atomic E-state index is 12.6. The number of rotatable bonds is 2. The van der Waals surface area contributed by atoms with E-state index in [1.807, 2.05) is 0 Å². The lowest BCUT2D eigenvalue weighted by Gasteiger charge is -2.00. The molecule has 0 N–H and O–H groups in total. The Morgan fingerprint density at radius 1 is 1.36 bits per heavy atom. The Balaban J connectivity index is 2.78. The third-order valence-electron chi connectivity index (χ3n) is 1.41. The number of hydrogen-bond acceptors (Lipinski definition) is 2. The van der Waals surface area contributed by atoms with E-state index in [0.717, 1.165) is 12.1 Å². The van der Waals surface area contributed by atoms with Gasteiger partial charge in [-0.2, -0.15) is 0 Å². The predicted octanol–water partition coefficient (Wildman–Crippen LogP) is 2.45. The van der Waals surface area contributed by atoms with Crippen molar-refractivity contribution in [2.45, 2.75) is 6.92 Å². The minimum atomic E-state index is -1.05. The molecule has 0 unspecified atom stereocenters. The maximum Gasteiger partial charge on any atom is 0.335 e. The molecule has 74 valence electrons. The number of hydrogen-bond donors (Lipinski definition) is 0. The monoisotopic (exact) mass is 198 g/mol. The number of allylic oxidation sites excluding steroid dienone is 1. The van der Waals surface area contributed by atoms with Gasteiger partial charge in [-0.15, -0.1) is 0 Å². The van der Waals surface area contributed by atoms with E-state index in [1.165, 1.54) is 18.2 Å². The van der Waals surface area contributed by atoms with Gasteiger partial charge in [0, 0.05) is 12.1 Å². The van der Waals surface area contributed by atoms with Crippen molar-refractivity contribution in [2.75, 3.05) is 0 Å². The van der Waals surface area contributed by atoms with Crippen LogP contribution in [0.5, 0.6) is 5.75 Å². The van der Waals surface area contributed by atoms with E-state index in [9.17, 15) is 13.6 Å². The zero-order valence-corrected chi connectivity index (χ0v) is 7.46. The first kappa shape index (κ1) is 10.4. The Morgan fingerprint density at radius 2 is 2.07 bits per heavy atom. The summed E-state index contributed by atoms with van der Waals surface area (Å²) in [6.45, 7) is 1.65. The van der Waals surface area contributed by atoms with Gasteiger partial charge in [-0.3, -0.25) is 0 Å². The second kappa shape index (κ2) is 4.50. The standard InChI is InChI=1S/C10H8F2O2/c1-2-3-10(13)14-7-4-5-8(11)9(12)6-7/h2-6H,1H3. The molecule has 0 aliphatic heterocycles. The van der Waals surface area contributed by atoms with Crippen molar-refractivity contribution in [1.29, 1.82) is 0 Å². The van der Waals surface area contributed by atoms with Crippen LogP contribution < -0.4 is 4.74 Å². The average Bonchev–Trinajstić information content (AvgIpc) is 2.12. The molecule has 0 saturated heterocycles. The van der Waals surface area contributed by atoms with E-state index < -0.39 is 17.6 Å². The number of carbonyl (C=O) groups excluding carboxylic acids is 1. The highest BCUT2D eigenvalue weighted by atomic mass is 19.2. The fourth-order valence-corrected chi connectivity index (χ4v) is 0.827. The molecule has 0 aromatic heterocycles. The molecule has 0 amide bonds. The highest BCUT2D eigenvalue weighted by molar-refractivity contribution is 5.83. The largest absolute Gasteiger partial charge is 0.423 e. The van der Waals surface area contributed by atoms with Crippen molar-refractivity contribution in [3.8, 4) is 5.75 Å². The number of carbonyl (C=O) groups is 1. The van der Waals surface area contributed by atoms with Gasteiger partial charge in [0.1, 0.15) is 5.75 Å². The topological polar surface area (TPSA) is 26.3 Å². The van der Waals surface area contributed by atoms with Gasteiger partial charge in [0.2, 0.25) is 0 Å². The van der Waals surface area contributed by atoms with Crippen molar-refractivity contribution in [2.24, 2.45) is 0 Å². The molecule has 0 bridgehead atoms. The third-order valence-corrected chi connectivity index (χ3v) is 1.41. The Morgan fingerprint density at radius 3 is 2.64 bits per heavy atom. The Bertz CT molecular complexity index is 372. The van der Waals surface area contributed by atoms with E-state index in [4.69, 9.17) is 0 Å². The number of ether oxygens (including phenoxy) is 1. The lowest BCUT2D eigenvalue weighted by atomic mass is 10.3. The van der Waals surface area contributed by atoms with E-state index in [0.29, 0.717) is 0 Å². The molecule has 0 atom stereocenters. The zero-order chi connectivity index (χ0) is 10.6. The average molecular weight is 198 g/mol. The molecular weight excluding hydrogens is 190 g/mol. The van der Waals surface area contributed by atoms with Crippen LogP contribution in [0.3, 0.4) is 0 Å². The molecule has 0 heterocycles. The lowest BCUT2D eigenvalue weighted by molar-refractivity contribution is -0.129. The molecule has 0 fully saturated rings. The smallest absolute Gasteiger partial charge is 0.335 e. The second-order valence-corrected chi connectivity index (χ2v) is 2.50. The number of halogens is 2. The molecule has 1 aromatic carbocycles. The van der Waals surface area contributed by atoms with Gasteiger partial charge in [0.05, 0.1) is 0 Å². The zero-order valence-electron chi connectivity index (χ0n) is 7.46. The van der Waals surface area contributed by atoms with Crippen LogP contribution in [0, 0.1) is 11.6 Å². The van der Waals surface area contributed by atoms with Gasteiger partial charge in [0.15, 0.2) is 11.6 Å². The first-order valence-corrected chi connectivity index (χ1v) is 3.93. The van der Waals surface area contributed by atoms with E-state index in [2.05, 4.69) is 4.74 Å². The molecule has 14 heavy (non-hydrogen) atoms. The summed E-state index contributed by atoms with van der Waals surface area (Å²) in [4.78, 5) is 10.9. The highest BCUT2D eigenvalue weighted by Gasteiger charge is 2.05. The minimum Gasteiger partial charge on any atom is -0.423 e. The summed E-state index contributed by atoms with van der Waals surface area (Å²) in [6, 6.07) is 2.89. The fraction of sp³-hybridized carbons (Fsp3) is 0.100. The summed E-state index contributed by atoms with van der Waals surface area (Å²) in [5.74, 6) is -2.67. The minimum absolute atomic E-state index is 0.0213. The second-order valence-electron chi connectivity index (χ2n) is 2.50. The Labute approximate surface area is 79.8 Å². The van der Waals surface area contributed by atoms with Crippen molar-refractivity contribution >= 4 is 5.97 Å². The van der Waals surface area contributed by atoms with Crippen LogP contribution in [0.15, 0.2) is 30.4 Å². The SMILES string of the molecule is CC=CC(=O)Oc1ccc(F)c(F)c1. The third kappa shape index (κ3) is 2.65. The predicted molar refractivity (Wildman–Crippen MR) is 46.8 cm³/mol. The van der Waals surface area contributed by atoms with Crippen LogP contribution in [0.25, 0.3) is 0 Å². The van der Waals surface area contributed by atoms with Crippen molar-refractivity contribution < 1.29 is 18.3 Å². The maximum absolute atomic E-state index is 12.6. The highest BCUT2D eigenvalue weighted by Crippen LogP contribution is 2.15. The summed E-state index contributed by atoms with van der Waals surface area (Å²) in [5.41, 5.74) is 0. The molecule has 0 radical (unpaired) electrons. The number of esters is 1. The van der Waals surface area contributed by atoms with E-state index >= 15 is 0 Å². The molecule has 2 nitrogen and oxygen atoms in total. The first-order chi connectivity index (χ1) is 6.63. The van der Waals surface area contributed by atoms with Gasteiger partial charge in [-0.25, -0.2) is 13.6 Å². The van der Waals surface area contributed by atoms with Crippen molar-refractivity contribution in [3.63, 3.8) is 0 Å². The van der Waals surface area contributed by atoms with Crippen LogP contribution >= 0.6 is 0 Å². The molecule has 1 aromatic rings. The summed E-state index contributed by atoms with van der Waals surface area (Å²) < 4.78 is 29.7. The molecular formula is C10H8F2O2. The van der Waals surface area contributed by atoms with E-state index in [-0.39, 0.29) is 5.75 Å². The summed E-state index contributed by atoms with van der Waals surface area (Å²) in [7, 11) is 0. The van der Waals surface area contributed by atoms with Crippen LogP contribution in [0.2, 0.25) is 0 Å². The normalized spacial score (nSPS) is 10.5. The van der Waals surface area contributed by atoms with Crippen LogP contribution in [-0.4, -0.2) is 5.97 Å². The molecule has 1 rings (SSSR count). The van der Waals surface area contributed by atoms with Gasteiger partial charge >= 0.3 is 5.97 Å². The van der Waals surface area contributed by atoms with Crippen LogP contribution in [0.4, 0.5) is 8.78 Å². The lowest BCUT2D eigenvalue weighted by Crippen LogP contribution is -2.03. The summed E-state index contributed by atoms with van der Waals surface area (Å²) in [5, 5.41) is 0. The van der Waals surface area contributed by atoms with Gasteiger partial charge in [-0.05, 0) is 19.1 Å². The fourth-order valence-electron chi connectivity index (χ4n) is 0.827. The van der Waals surface area contributed by atoms with Gasteiger partial charge in [-0.1, -0.05) is 6.08 Å². The Kier molecular flexibility index (Phi) is 3.34. The molecule has 0 aliphatic rings. The molecule has 0 spiro atoms. The molecule has 0 aliphatic carbocycles. The Hall–Kier alpha value is -1.71. The van der Waals surface area contributed by atoms with Crippen LogP contribution in [-0.2, 0) is 4.79 Å². The summed E-state index contributed by atoms with van der Waals surface area (Å²) >= 11 is 0. The van der Waals surface area contributed by atoms with Crippen LogP contribution in [0.1, 0.15) is 6.92 Å². The first-order valence-electron chi connectivity index (χ1n) is 3.93. The van der Waals surface area contributed by atoms with Gasteiger partial charge in [0.25, 0.3) is 0 Å². The van der Waals surface area contributed by atoms with Gasteiger partial charge < -0.3 is 4.74 Å². The molecule has 4 heteroatoms. The van der Waals surface area contributed by atoms with Crippen molar-refractivity contribution in [3.05, 3.63) is 42.0 Å². The summed E-state index contributed by atoms with van der Waals surface area (Å²) in [6.07, 6.45) is 2.67. The quantitative estimate of drug-likeness (QED) is 0.414. The molecule has 0 saturated carbocycles. The number of benzene rings is 1. The van der Waals surface area contributed by atoms with E-state index in [1.54, 1.807) is 6.92 Å². The van der Waals surface area contributed by atoms with Crippen molar-refractivity contribution in [1.82, 2.24) is 0 Å².